The van der Waals surface area contributed by atoms with Crippen LogP contribution in [0.4, 0.5) is 5.69 Å². The van der Waals surface area contributed by atoms with Crippen LogP contribution < -0.4 is 5.32 Å². The van der Waals surface area contributed by atoms with Crippen LogP contribution in [0.3, 0.4) is 0 Å². The topological polar surface area (TPSA) is 55.1 Å². The number of rotatable bonds is 3. The molecule has 0 atom stereocenters. The molecule has 1 amide bonds. The van der Waals surface area contributed by atoms with Crippen LogP contribution in [-0.4, -0.2) is 10.9 Å². The van der Waals surface area contributed by atoms with Crippen LogP contribution in [-0.2, 0) is 11.2 Å². The zero-order valence-electron chi connectivity index (χ0n) is 11.1. The van der Waals surface area contributed by atoms with Crippen LogP contribution in [0.15, 0.2) is 52.9 Å². The molecule has 0 aliphatic carbocycles. The molecule has 3 aromatic rings. The molecule has 1 N–H and O–H groups in total. The van der Waals surface area contributed by atoms with Gasteiger partial charge in [-0.15, -0.1) is 0 Å². The number of nitrogens with zero attached hydrogens (tertiary/aromatic N) is 1. The van der Waals surface area contributed by atoms with Crippen LogP contribution >= 0.6 is 0 Å². The van der Waals surface area contributed by atoms with Gasteiger partial charge in [0.15, 0.2) is 11.5 Å². The molecule has 0 radical (unpaired) electrons. The minimum atomic E-state index is -0.0997. The van der Waals surface area contributed by atoms with E-state index in [0.717, 1.165) is 22.4 Å². The van der Waals surface area contributed by atoms with Crippen LogP contribution in [0, 0.1) is 0 Å². The van der Waals surface area contributed by atoms with Gasteiger partial charge >= 0.3 is 0 Å². The van der Waals surface area contributed by atoms with E-state index in [1.807, 2.05) is 42.5 Å². The summed E-state index contributed by atoms with van der Waals surface area (Å²) in [5, 5.41) is 2.74. The van der Waals surface area contributed by atoms with Gasteiger partial charge in [-0.3, -0.25) is 4.79 Å². The molecule has 3 rings (SSSR count). The molecule has 0 saturated carbocycles. The fourth-order valence-electron chi connectivity index (χ4n) is 2.10. The third kappa shape index (κ3) is 2.69. The molecule has 4 heteroatoms. The van der Waals surface area contributed by atoms with Gasteiger partial charge in [-0.1, -0.05) is 30.3 Å². The number of carbonyl (C=O) groups excluding carboxylic acids is 1. The van der Waals surface area contributed by atoms with Gasteiger partial charge in [0.2, 0.25) is 5.91 Å². The number of hydrogen-bond donors (Lipinski definition) is 1. The van der Waals surface area contributed by atoms with Crippen molar-refractivity contribution in [3.8, 4) is 0 Å². The van der Waals surface area contributed by atoms with E-state index in [0.29, 0.717) is 12.3 Å². The molecule has 0 aliphatic rings. The third-order valence-electron chi connectivity index (χ3n) is 2.95. The Morgan fingerprint density at radius 1 is 1.20 bits per heavy atom. The highest BCUT2D eigenvalue weighted by atomic mass is 16.3. The standard InChI is InChI=1S/C16H14N2O2/c1-11(19)17-13-7-8-15-14(10-13)18-16(20-15)9-12-5-3-2-4-6-12/h2-8,10H,9H2,1H3,(H,17,19). The largest absolute Gasteiger partial charge is 0.440 e. The first-order valence-corrected chi connectivity index (χ1v) is 6.42. The lowest BCUT2D eigenvalue weighted by Crippen LogP contribution is -2.05. The molecule has 0 saturated heterocycles. The van der Waals surface area contributed by atoms with Crippen molar-refractivity contribution in [1.82, 2.24) is 4.98 Å². The normalized spacial score (nSPS) is 10.7. The maximum Gasteiger partial charge on any atom is 0.221 e. The lowest BCUT2D eigenvalue weighted by molar-refractivity contribution is -0.114. The van der Waals surface area contributed by atoms with E-state index in [4.69, 9.17) is 4.42 Å². The minimum absolute atomic E-state index is 0.0997. The maximum atomic E-state index is 11.0. The van der Waals surface area contributed by atoms with E-state index in [2.05, 4.69) is 10.3 Å². The highest BCUT2D eigenvalue weighted by Crippen LogP contribution is 2.21. The summed E-state index contributed by atoms with van der Waals surface area (Å²) in [6.45, 7) is 1.48. The van der Waals surface area contributed by atoms with E-state index >= 15 is 0 Å². The summed E-state index contributed by atoms with van der Waals surface area (Å²) in [6, 6.07) is 15.5. The average molecular weight is 266 g/mol. The Morgan fingerprint density at radius 2 is 2.00 bits per heavy atom. The number of fused-ring (bicyclic) bond motifs is 1. The highest BCUT2D eigenvalue weighted by Gasteiger charge is 2.07. The summed E-state index contributed by atoms with van der Waals surface area (Å²) in [5.74, 6) is 0.573. The smallest absolute Gasteiger partial charge is 0.221 e. The van der Waals surface area contributed by atoms with Crippen molar-refractivity contribution < 1.29 is 9.21 Å². The second kappa shape index (κ2) is 5.17. The molecule has 4 nitrogen and oxygen atoms in total. The van der Waals surface area contributed by atoms with Crippen molar-refractivity contribution in [2.45, 2.75) is 13.3 Å². The molecular weight excluding hydrogens is 252 g/mol. The number of hydrogen-bond acceptors (Lipinski definition) is 3. The predicted molar refractivity (Wildman–Crippen MR) is 77.6 cm³/mol. The van der Waals surface area contributed by atoms with Crippen LogP contribution in [0.1, 0.15) is 18.4 Å². The summed E-state index contributed by atoms with van der Waals surface area (Å²) in [6.07, 6.45) is 0.658. The molecule has 20 heavy (non-hydrogen) atoms. The SMILES string of the molecule is CC(=O)Nc1ccc2oc(Cc3ccccc3)nc2c1. The van der Waals surface area contributed by atoms with Gasteiger partial charge in [0.05, 0.1) is 0 Å². The summed E-state index contributed by atoms with van der Waals surface area (Å²) >= 11 is 0. The Morgan fingerprint density at radius 3 is 2.75 bits per heavy atom. The van der Waals surface area contributed by atoms with Gasteiger partial charge in [-0.25, -0.2) is 4.98 Å². The number of benzene rings is 2. The number of carbonyl (C=O) groups is 1. The van der Waals surface area contributed by atoms with Gasteiger partial charge in [0.1, 0.15) is 5.52 Å². The Kier molecular flexibility index (Phi) is 3.21. The lowest BCUT2D eigenvalue weighted by Gasteiger charge is -1.99. The zero-order chi connectivity index (χ0) is 13.9. The molecule has 0 aliphatic heterocycles. The first-order valence-electron chi connectivity index (χ1n) is 6.42. The second-order valence-corrected chi connectivity index (χ2v) is 4.63. The van der Waals surface area contributed by atoms with E-state index in [1.165, 1.54) is 6.92 Å². The fraction of sp³-hybridized carbons (Fsp3) is 0.125. The minimum Gasteiger partial charge on any atom is -0.440 e. The van der Waals surface area contributed by atoms with Gasteiger partial charge in [-0.05, 0) is 23.8 Å². The quantitative estimate of drug-likeness (QED) is 0.790. The number of amides is 1. The Balaban J connectivity index is 1.88. The fourth-order valence-corrected chi connectivity index (χ4v) is 2.10. The average Bonchev–Trinajstić information content (AvgIpc) is 2.80. The summed E-state index contributed by atoms with van der Waals surface area (Å²) in [7, 11) is 0. The summed E-state index contributed by atoms with van der Waals surface area (Å²) in [5.41, 5.74) is 3.36. The monoisotopic (exact) mass is 266 g/mol. The Labute approximate surface area is 116 Å². The first kappa shape index (κ1) is 12.4. The molecule has 0 unspecified atom stereocenters. The first-order chi connectivity index (χ1) is 9.70. The van der Waals surface area contributed by atoms with Crippen LogP contribution in [0.5, 0.6) is 0 Å². The molecule has 1 heterocycles. The van der Waals surface area contributed by atoms with Crippen molar-refractivity contribution in [2.75, 3.05) is 5.32 Å². The zero-order valence-corrected chi connectivity index (χ0v) is 11.1. The molecule has 0 bridgehead atoms. The van der Waals surface area contributed by atoms with E-state index < -0.39 is 0 Å². The van der Waals surface area contributed by atoms with Crippen LogP contribution in [0.25, 0.3) is 11.1 Å². The van der Waals surface area contributed by atoms with E-state index in [9.17, 15) is 4.79 Å². The number of oxazole rings is 1. The van der Waals surface area contributed by atoms with Gasteiger partial charge in [0.25, 0.3) is 0 Å². The van der Waals surface area contributed by atoms with Crippen LogP contribution in [0.2, 0.25) is 0 Å². The Hall–Kier alpha value is -2.62. The van der Waals surface area contributed by atoms with Gasteiger partial charge in [0, 0.05) is 19.0 Å². The van der Waals surface area contributed by atoms with Crippen molar-refractivity contribution >= 4 is 22.7 Å². The molecular formula is C16H14N2O2. The molecule has 100 valence electrons. The molecule has 2 aromatic carbocycles. The number of aromatic nitrogens is 1. The lowest BCUT2D eigenvalue weighted by atomic mass is 10.1. The summed E-state index contributed by atoms with van der Waals surface area (Å²) in [4.78, 5) is 15.5. The van der Waals surface area contributed by atoms with E-state index in [1.54, 1.807) is 6.07 Å². The molecule has 0 spiro atoms. The number of nitrogens with one attached hydrogen (secondary N) is 1. The molecule has 0 fully saturated rings. The second-order valence-electron chi connectivity index (χ2n) is 4.63. The highest BCUT2D eigenvalue weighted by molar-refractivity contribution is 5.91. The Bertz CT molecular complexity index is 748. The summed E-state index contributed by atoms with van der Waals surface area (Å²) < 4.78 is 5.71. The van der Waals surface area contributed by atoms with Crippen molar-refractivity contribution in [3.63, 3.8) is 0 Å². The van der Waals surface area contributed by atoms with Gasteiger partial charge in [-0.2, -0.15) is 0 Å². The van der Waals surface area contributed by atoms with Crippen molar-refractivity contribution in [1.29, 1.82) is 0 Å². The third-order valence-corrected chi connectivity index (χ3v) is 2.95. The predicted octanol–water partition coefficient (Wildman–Crippen LogP) is 3.38. The van der Waals surface area contributed by atoms with Crippen molar-refractivity contribution in [2.24, 2.45) is 0 Å². The number of anilines is 1. The molecule has 1 aromatic heterocycles. The van der Waals surface area contributed by atoms with Crippen molar-refractivity contribution in [3.05, 3.63) is 60.0 Å². The van der Waals surface area contributed by atoms with E-state index in [-0.39, 0.29) is 5.91 Å². The van der Waals surface area contributed by atoms with Gasteiger partial charge < -0.3 is 9.73 Å². The maximum absolute atomic E-state index is 11.0.